The van der Waals surface area contributed by atoms with E-state index >= 15 is 0 Å². The van der Waals surface area contributed by atoms with E-state index in [0.717, 1.165) is 32.1 Å². The fraction of sp³-hybridized carbons (Fsp3) is 0.933. The number of hydrogen-bond acceptors (Lipinski definition) is 2. The van der Waals surface area contributed by atoms with Crippen LogP contribution in [0.1, 0.15) is 46.5 Å². The average molecular weight is 268 g/mol. The third-order valence-corrected chi connectivity index (χ3v) is 3.78. The molecule has 1 heterocycles. The van der Waals surface area contributed by atoms with Crippen molar-refractivity contribution in [3.8, 4) is 0 Å². The van der Waals surface area contributed by atoms with Gasteiger partial charge < -0.3 is 15.1 Å². The molecule has 0 aromatic rings. The van der Waals surface area contributed by atoms with Crippen LogP contribution in [0.4, 0.5) is 0 Å². The second-order valence-electron chi connectivity index (χ2n) is 5.16. The molecule has 1 rings (SSSR count). The molecule has 0 aromatic carbocycles. The second kappa shape index (κ2) is 10.1. The van der Waals surface area contributed by atoms with Gasteiger partial charge in [0, 0.05) is 26.2 Å². The van der Waals surface area contributed by atoms with E-state index in [4.69, 9.17) is 4.99 Å². The second-order valence-corrected chi connectivity index (χ2v) is 5.16. The molecule has 1 saturated heterocycles. The molecule has 4 nitrogen and oxygen atoms in total. The van der Waals surface area contributed by atoms with Crippen molar-refractivity contribution in [2.45, 2.75) is 46.5 Å². The topological polar surface area (TPSA) is 30.9 Å². The Labute approximate surface area is 119 Å². The van der Waals surface area contributed by atoms with Gasteiger partial charge in [-0.25, -0.2) is 0 Å². The Morgan fingerprint density at radius 1 is 1.11 bits per heavy atom. The van der Waals surface area contributed by atoms with Crippen molar-refractivity contribution in [1.29, 1.82) is 0 Å². The lowest BCUT2D eigenvalue weighted by Crippen LogP contribution is -2.39. The SMILES string of the molecule is CCNC(=NCCCCN(CC)CC)N1CCCC1. The molecule has 0 atom stereocenters. The third-order valence-electron chi connectivity index (χ3n) is 3.78. The molecular formula is C15H32N4. The fourth-order valence-corrected chi connectivity index (χ4v) is 2.53. The van der Waals surface area contributed by atoms with Crippen LogP contribution in [0.3, 0.4) is 0 Å². The first-order valence-electron chi connectivity index (χ1n) is 8.07. The first kappa shape index (κ1) is 16.3. The molecular weight excluding hydrogens is 236 g/mol. The third kappa shape index (κ3) is 6.28. The Kier molecular flexibility index (Phi) is 8.63. The van der Waals surface area contributed by atoms with Crippen LogP contribution >= 0.6 is 0 Å². The van der Waals surface area contributed by atoms with Crippen LogP contribution in [-0.4, -0.2) is 61.6 Å². The van der Waals surface area contributed by atoms with Crippen LogP contribution in [0.5, 0.6) is 0 Å². The molecule has 19 heavy (non-hydrogen) atoms. The van der Waals surface area contributed by atoms with Crippen molar-refractivity contribution in [2.24, 2.45) is 4.99 Å². The van der Waals surface area contributed by atoms with E-state index in [1.54, 1.807) is 0 Å². The summed E-state index contributed by atoms with van der Waals surface area (Å²) in [5.74, 6) is 1.13. The molecule has 1 aliphatic rings. The molecule has 112 valence electrons. The highest BCUT2D eigenvalue weighted by atomic mass is 15.3. The van der Waals surface area contributed by atoms with Gasteiger partial charge in [0.2, 0.25) is 0 Å². The minimum Gasteiger partial charge on any atom is -0.357 e. The number of hydrogen-bond donors (Lipinski definition) is 1. The zero-order valence-electron chi connectivity index (χ0n) is 13.1. The molecule has 1 N–H and O–H groups in total. The van der Waals surface area contributed by atoms with Crippen molar-refractivity contribution in [1.82, 2.24) is 15.1 Å². The molecule has 0 spiro atoms. The van der Waals surface area contributed by atoms with E-state index in [9.17, 15) is 0 Å². The number of nitrogens with one attached hydrogen (secondary N) is 1. The van der Waals surface area contributed by atoms with Gasteiger partial charge in [-0.05, 0) is 52.2 Å². The van der Waals surface area contributed by atoms with E-state index in [2.05, 4.69) is 35.9 Å². The Bertz CT molecular complexity index is 243. The van der Waals surface area contributed by atoms with Gasteiger partial charge in [-0.1, -0.05) is 13.8 Å². The minimum absolute atomic E-state index is 0.958. The molecule has 0 aromatic heterocycles. The summed E-state index contributed by atoms with van der Waals surface area (Å²) in [6, 6.07) is 0. The van der Waals surface area contributed by atoms with Gasteiger partial charge in [0.15, 0.2) is 5.96 Å². The number of unbranched alkanes of at least 4 members (excludes halogenated alkanes) is 1. The zero-order valence-corrected chi connectivity index (χ0v) is 13.1. The lowest BCUT2D eigenvalue weighted by molar-refractivity contribution is 0.297. The van der Waals surface area contributed by atoms with Gasteiger partial charge in [0.25, 0.3) is 0 Å². The van der Waals surface area contributed by atoms with Crippen molar-refractivity contribution < 1.29 is 0 Å². The van der Waals surface area contributed by atoms with E-state index in [1.165, 1.54) is 45.3 Å². The predicted molar refractivity (Wildman–Crippen MR) is 83.8 cm³/mol. The highest BCUT2D eigenvalue weighted by molar-refractivity contribution is 5.80. The summed E-state index contributed by atoms with van der Waals surface area (Å²) >= 11 is 0. The molecule has 0 amide bonds. The van der Waals surface area contributed by atoms with Crippen LogP contribution in [0.15, 0.2) is 4.99 Å². The van der Waals surface area contributed by atoms with Gasteiger partial charge in [-0.2, -0.15) is 0 Å². The molecule has 1 aliphatic heterocycles. The highest BCUT2D eigenvalue weighted by Gasteiger charge is 2.14. The Hall–Kier alpha value is -0.770. The molecule has 0 radical (unpaired) electrons. The lowest BCUT2D eigenvalue weighted by Gasteiger charge is -2.21. The highest BCUT2D eigenvalue weighted by Crippen LogP contribution is 2.07. The maximum atomic E-state index is 4.76. The Morgan fingerprint density at radius 3 is 2.37 bits per heavy atom. The molecule has 0 unspecified atom stereocenters. The smallest absolute Gasteiger partial charge is 0.193 e. The number of aliphatic imine (C=N–C) groups is 1. The van der Waals surface area contributed by atoms with E-state index < -0.39 is 0 Å². The molecule has 1 fully saturated rings. The van der Waals surface area contributed by atoms with Crippen molar-refractivity contribution >= 4 is 5.96 Å². The van der Waals surface area contributed by atoms with Gasteiger partial charge in [0.1, 0.15) is 0 Å². The largest absolute Gasteiger partial charge is 0.357 e. The number of nitrogens with zero attached hydrogens (tertiary/aromatic N) is 3. The summed E-state index contributed by atoms with van der Waals surface area (Å²) in [5, 5.41) is 3.41. The van der Waals surface area contributed by atoms with Gasteiger partial charge in [0.05, 0.1) is 0 Å². The van der Waals surface area contributed by atoms with Crippen LogP contribution in [0.2, 0.25) is 0 Å². The summed E-state index contributed by atoms with van der Waals surface area (Å²) in [6.45, 7) is 14.4. The summed E-state index contributed by atoms with van der Waals surface area (Å²) in [6.07, 6.45) is 5.07. The number of rotatable bonds is 8. The van der Waals surface area contributed by atoms with Crippen LogP contribution < -0.4 is 5.32 Å². The van der Waals surface area contributed by atoms with Crippen LogP contribution in [0, 0.1) is 0 Å². The maximum Gasteiger partial charge on any atom is 0.193 e. The first-order chi connectivity index (χ1) is 9.31. The fourth-order valence-electron chi connectivity index (χ4n) is 2.53. The van der Waals surface area contributed by atoms with E-state index in [-0.39, 0.29) is 0 Å². The van der Waals surface area contributed by atoms with Gasteiger partial charge in [-0.15, -0.1) is 0 Å². The average Bonchev–Trinajstić information content (AvgIpc) is 2.95. The molecule has 0 aliphatic carbocycles. The number of guanidine groups is 1. The quantitative estimate of drug-likeness (QED) is 0.416. The van der Waals surface area contributed by atoms with Crippen molar-refractivity contribution in [3.05, 3.63) is 0 Å². The molecule has 4 heteroatoms. The van der Waals surface area contributed by atoms with Crippen molar-refractivity contribution in [3.63, 3.8) is 0 Å². The van der Waals surface area contributed by atoms with Gasteiger partial charge >= 0.3 is 0 Å². The summed E-state index contributed by atoms with van der Waals surface area (Å²) < 4.78 is 0. The van der Waals surface area contributed by atoms with Crippen LogP contribution in [-0.2, 0) is 0 Å². The summed E-state index contributed by atoms with van der Waals surface area (Å²) in [7, 11) is 0. The molecule has 0 saturated carbocycles. The Morgan fingerprint density at radius 2 is 1.79 bits per heavy atom. The first-order valence-corrected chi connectivity index (χ1v) is 8.07. The predicted octanol–water partition coefficient (Wildman–Crippen LogP) is 2.17. The summed E-state index contributed by atoms with van der Waals surface area (Å²) in [4.78, 5) is 9.64. The van der Waals surface area contributed by atoms with E-state index in [0.29, 0.717) is 0 Å². The lowest BCUT2D eigenvalue weighted by atomic mass is 10.3. The van der Waals surface area contributed by atoms with Crippen molar-refractivity contribution in [2.75, 3.05) is 45.8 Å². The normalized spacial score (nSPS) is 16.4. The zero-order chi connectivity index (χ0) is 13.9. The maximum absolute atomic E-state index is 4.76. The monoisotopic (exact) mass is 268 g/mol. The summed E-state index contributed by atoms with van der Waals surface area (Å²) in [5.41, 5.74) is 0. The van der Waals surface area contributed by atoms with Gasteiger partial charge in [-0.3, -0.25) is 4.99 Å². The number of likely N-dealkylation sites (tertiary alicyclic amines) is 1. The minimum atomic E-state index is 0.958. The van der Waals surface area contributed by atoms with E-state index in [1.807, 2.05) is 0 Å². The van der Waals surface area contributed by atoms with Crippen LogP contribution in [0.25, 0.3) is 0 Å². The standard InChI is InChI=1S/C15H32N4/c1-4-16-15(19-13-9-10-14-19)17-11-7-8-12-18(5-2)6-3/h4-14H2,1-3H3,(H,16,17). The Balaban J connectivity index is 2.23. The molecule has 0 bridgehead atoms.